The van der Waals surface area contributed by atoms with Gasteiger partial charge in [-0.25, -0.2) is 4.98 Å². The lowest BCUT2D eigenvalue weighted by Crippen LogP contribution is -2.16. The number of hydrogen-bond acceptors (Lipinski definition) is 5. The number of rotatable bonds is 6. The molecule has 6 heteroatoms. The fourth-order valence-corrected chi connectivity index (χ4v) is 2.40. The number of thiazole rings is 1. The molecule has 0 aliphatic heterocycles. The predicted molar refractivity (Wildman–Crippen MR) is 82.2 cm³/mol. The van der Waals surface area contributed by atoms with Crippen LogP contribution in [0.1, 0.15) is 10.4 Å². The molecule has 0 aliphatic rings. The van der Waals surface area contributed by atoms with Crippen LogP contribution >= 0.6 is 23.7 Å². The fraction of sp³-hybridized carbons (Fsp3) is 0.308. The molecular weight excluding hydrogens is 282 g/mol. The van der Waals surface area contributed by atoms with Crippen molar-refractivity contribution in [1.29, 1.82) is 0 Å². The van der Waals surface area contributed by atoms with Crippen molar-refractivity contribution >= 4 is 28.9 Å². The van der Waals surface area contributed by atoms with Gasteiger partial charge in [0.1, 0.15) is 5.75 Å². The molecule has 0 unspecified atom stereocenters. The maximum atomic E-state index is 5.57. The highest BCUT2D eigenvalue weighted by Crippen LogP contribution is 2.17. The van der Waals surface area contributed by atoms with E-state index in [1.54, 1.807) is 7.11 Å². The molecule has 0 aliphatic carbocycles. The maximum Gasteiger partial charge on any atom is 0.180 e. The van der Waals surface area contributed by atoms with Crippen LogP contribution < -0.4 is 15.8 Å². The molecule has 0 saturated carbocycles. The Bertz CT molecular complexity index is 504. The second-order valence-electron chi connectivity index (χ2n) is 3.90. The largest absolute Gasteiger partial charge is 0.496 e. The first-order valence-corrected chi connectivity index (χ1v) is 6.64. The number of anilines is 1. The first-order valence-electron chi connectivity index (χ1n) is 5.82. The quantitative estimate of drug-likeness (QED) is 0.805. The van der Waals surface area contributed by atoms with Gasteiger partial charge in [0.05, 0.1) is 7.11 Å². The number of methoxy groups -OCH3 is 1. The number of para-hydroxylation sites is 1. The van der Waals surface area contributed by atoms with E-state index in [0.29, 0.717) is 5.13 Å². The van der Waals surface area contributed by atoms with Gasteiger partial charge in [-0.05, 0) is 24.6 Å². The molecule has 2 aromatic rings. The topological polar surface area (TPSA) is 60.2 Å². The second kappa shape index (κ2) is 7.99. The first-order chi connectivity index (χ1) is 8.79. The smallest absolute Gasteiger partial charge is 0.180 e. The molecule has 0 fully saturated rings. The Morgan fingerprint density at radius 3 is 2.84 bits per heavy atom. The van der Waals surface area contributed by atoms with Crippen molar-refractivity contribution in [3.8, 4) is 5.75 Å². The van der Waals surface area contributed by atoms with Crippen LogP contribution in [-0.4, -0.2) is 18.6 Å². The molecule has 2 rings (SSSR count). The summed E-state index contributed by atoms with van der Waals surface area (Å²) in [5.41, 5.74) is 6.79. The Morgan fingerprint density at radius 1 is 1.37 bits per heavy atom. The number of nitrogens with one attached hydrogen (secondary N) is 1. The number of nitrogens with zero attached hydrogens (tertiary/aromatic N) is 1. The van der Waals surface area contributed by atoms with Crippen LogP contribution in [0.15, 0.2) is 30.5 Å². The van der Waals surface area contributed by atoms with Gasteiger partial charge in [-0.3, -0.25) is 0 Å². The summed E-state index contributed by atoms with van der Waals surface area (Å²) in [6.07, 6.45) is 2.76. The number of benzene rings is 1. The molecule has 1 aromatic carbocycles. The summed E-state index contributed by atoms with van der Waals surface area (Å²) in [4.78, 5) is 5.18. The van der Waals surface area contributed by atoms with Crippen LogP contribution in [0, 0.1) is 0 Å². The predicted octanol–water partition coefficient (Wildman–Crippen LogP) is 2.49. The zero-order valence-electron chi connectivity index (χ0n) is 10.8. The Morgan fingerprint density at radius 2 is 2.16 bits per heavy atom. The summed E-state index contributed by atoms with van der Waals surface area (Å²) in [6, 6.07) is 8.09. The minimum absolute atomic E-state index is 0. The van der Waals surface area contributed by atoms with Crippen LogP contribution in [0.3, 0.4) is 0 Å². The van der Waals surface area contributed by atoms with Crippen molar-refractivity contribution in [3.05, 3.63) is 40.9 Å². The van der Waals surface area contributed by atoms with Crippen molar-refractivity contribution in [2.45, 2.75) is 13.0 Å². The molecule has 19 heavy (non-hydrogen) atoms. The van der Waals surface area contributed by atoms with Gasteiger partial charge in [-0.2, -0.15) is 0 Å². The van der Waals surface area contributed by atoms with E-state index >= 15 is 0 Å². The third-order valence-electron chi connectivity index (χ3n) is 2.63. The average Bonchev–Trinajstić information content (AvgIpc) is 2.81. The molecule has 104 valence electrons. The van der Waals surface area contributed by atoms with E-state index in [2.05, 4.69) is 16.4 Å². The summed E-state index contributed by atoms with van der Waals surface area (Å²) in [5.74, 6) is 0.946. The number of hydrogen-bond donors (Lipinski definition) is 2. The van der Waals surface area contributed by atoms with Crippen LogP contribution in [-0.2, 0) is 13.0 Å². The minimum Gasteiger partial charge on any atom is -0.496 e. The molecule has 4 nitrogen and oxygen atoms in total. The van der Waals surface area contributed by atoms with Crippen LogP contribution in [0.2, 0.25) is 0 Å². The average molecular weight is 300 g/mol. The van der Waals surface area contributed by atoms with Gasteiger partial charge < -0.3 is 15.8 Å². The lowest BCUT2D eigenvalue weighted by Gasteiger charge is -2.08. The number of halogens is 1. The molecular formula is C13H18ClN3OS. The molecule has 1 heterocycles. The Labute approximate surface area is 123 Å². The zero-order chi connectivity index (χ0) is 12.8. The van der Waals surface area contributed by atoms with Crippen molar-refractivity contribution in [2.75, 3.05) is 19.4 Å². The molecule has 0 atom stereocenters. The van der Waals surface area contributed by atoms with Crippen LogP contribution in [0.4, 0.5) is 5.13 Å². The minimum atomic E-state index is 0. The second-order valence-corrected chi connectivity index (χ2v) is 5.05. The number of nitrogen functional groups attached to an aromatic ring is 1. The molecule has 0 bridgehead atoms. The SMILES string of the molecule is COc1ccccc1CCNCc1cnc(N)s1.Cl. The summed E-state index contributed by atoms with van der Waals surface area (Å²) < 4.78 is 5.31. The molecule has 0 amide bonds. The van der Waals surface area contributed by atoms with E-state index < -0.39 is 0 Å². The van der Waals surface area contributed by atoms with E-state index in [4.69, 9.17) is 10.5 Å². The van der Waals surface area contributed by atoms with Crippen molar-refractivity contribution in [2.24, 2.45) is 0 Å². The van der Waals surface area contributed by atoms with E-state index in [1.807, 2.05) is 24.4 Å². The Balaban J connectivity index is 0.00000180. The molecule has 0 spiro atoms. The summed E-state index contributed by atoms with van der Waals surface area (Å²) in [6.45, 7) is 1.71. The van der Waals surface area contributed by atoms with Gasteiger partial charge in [0.15, 0.2) is 5.13 Å². The molecule has 0 radical (unpaired) electrons. The van der Waals surface area contributed by atoms with Crippen molar-refractivity contribution < 1.29 is 4.74 Å². The first kappa shape index (κ1) is 15.8. The summed E-state index contributed by atoms with van der Waals surface area (Å²) in [5, 5.41) is 4.00. The van der Waals surface area contributed by atoms with Gasteiger partial charge >= 0.3 is 0 Å². The Kier molecular flexibility index (Phi) is 6.62. The Hall–Kier alpha value is -1.30. The highest BCUT2D eigenvalue weighted by Gasteiger charge is 2.02. The van der Waals surface area contributed by atoms with E-state index in [1.165, 1.54) is 16.9 Å². The molecule has 0 saturated heterocycles. The van der Waals surface area contributed by atoms with E-state index in [9.17, 15) is 0 Å². The van der Waals surface area contributed by atoms with Gasteiger partial charge in [-0.15, -0.1) is 23.7 Å². The van der Waals surface area contributed by atoms with Crippen molar-refractivity contribution in [1.82, 2.24) is 10.3 Å². The van der Waals surface area contributed by atoms with Gasteiger partial charge in [0, 0.05) is 17.6 Å². The van der Waals surface area contributed by atoms with Gasteiger partial charge in [-0.1, -0.05) is 18.2 Å². The summed E-state index contributed by atoms with van der Waals surface area (Å²) >= 11 is 1.52. The molecule has 3 N–H and O–H groups in total. The maximum absolute atomic E-state index is 5.57. The monoisotopic (exact) mass is 299 g/mol. The van der Waals surface area contributed by atoms with Gasteiger partial charge in [0.2, 0.25) is 0 Å². The van der Waals surface area contributed by atoms with Gasteiger partial charge in [0.25, 0.3) is 0 Å². The standard InChI is InChI=1S/C13H17N3OS.ClH/c1-17-12-5-3-2-4-10(12)6-7-15-8-11-9-16-13(14)18-11;/h2-5,9,15H,6-8H2,1H3,(H2,14,16);1H. The normalized spacial score (nSPS) is 9.95. The third-order valence-corrected chi connectivity index (χ3v) is 3.46. The summed E-state index contributed by atoms with van der Waals surface area (Å²) in [7, 11) is 1.70. The number of nitrogens with two attached hydrogens (primary N) is 1. The lowest BCUT2D eigenvalue weighted by molar-refractivity contribution is 0.409. The highest BCUT2D eigenvalue weighted by molar-refractivity contribution is 7.15. The van der Waals surface area contributed by atoms with E-state index in [0.717, 1.165) is 30.1 Å². The number of ether oxygens (including phenoxy) is 1. The van der Waals surface area contributed by atoms with Crippen LogP contribution in [0.25, 0.3) is 0 Å². The number of aromatic nitrogens is 1. The molecule has 1 aromatic heterocycles. The zero-order valence-corrected chi connectivity index (χ0v) is 12.4. The third kappa shape index (κ3) is 4.70. The van der Waals surface area contributed by atoms with Crippen LogP contribution in [0.5, 0.6) is 5.75 Å². The van der Waals surface area contributed by atoms with Crippen molar-refractivity contribution in [3.63, 3.8) is 0 Å². The lowest BCUT2D eigenvalue weighted by atomic mass is 10.1. The fourth-order valence-electron chi connectivity index (χ4n) is 1.75. The van der Waals surface area contributed by atoms with E-state index in [-0.39, 0.29) is 12.4 Å². The highest BCUT2D eigenvalue weighted by atomic mass is 35.5.